The average Bonchev–Trinajstić information content (AvgIpc) is 2.90. The molecule has 2 aliphatic carbocycles. The summed E-state index contributed by atoms with van der Waals surface area (Å²) in [5.41, 5.74) is 1.24. The number of hydrogen-bond donors (Lipinski definition) is 1. The minimum absolute atomic E-state index is 0.495. The first-order chi connectivity index (χ1) is 8.31. The summed E-state index contributed by atoms with van der Waals surface area (Å²) in [5, 5.41) is 8.26. The van der Waals surface area contributed by atoms with Gasteiger partial charge in [0.15, 0.2) is 0 Å². The fourth-order valence-corrected chi connectivity index (χ4v) is 3.80. The first kappa shape index (κ1) is 11.3. The largest absolute Gasteiger partial charge is 0.309 e. The monoisotopic (exact) mass is 233 g/mol. The molecule has 0 bridgehead atoms. The maximum Gasteiger partial charge on any atom is 0.0796 e. The number of nitrogens with zero attached hydrogens (tertiary/aromatic N) is 2. The van der Waals surface area contributed by atoms with Gasteiger partial charge in [-0.1, -0.05) is 19.8 Å². The highest BCUT2D eigenvalue weighted by molar-refractivity contribution is 5.15. The van der Waals surface area contributed by atoms with Crippen LogP contribution in [-0.2, 0) is 7.05 Å². The van der Waals surface area contributed by atoms with Gasteiger partial charge >= 0.3 is 0 Å². The summed E-state index contributed by atoms with van der Waals surface area (Å²) in [5.74, 6) is 2.82. The highest BCUT2D eigenvalue weighted by Crippen LogP contribution is 2.60. The normalized spacial score (nSPS) is 33.2. The van der Waals surface area contributed by atoms with Gasteiger partial charge in [0.05, 0.1) is 11.7 Å². The molecule has 0 radical (unpaired) electrons. The number of hydrogen-bond acceptors (Lipinski definition) is 2. The lowest BCUT2D eigenvalue weighted by Crippen LogP contribution is -2.24. The van der Waals surface area contributed by atoms with Crippen molar-refractivity contribution in [2.45, 2.75) is 38.6 Å². The van der Waals surface area contributed by atoms with Crippen molar-refractivity contribution in [3.63, 3.8) is 0 Å². The fraction of sp³-hybridized carbons (Fsp3) is 0.786. The van der Waals surface area contributed by atoms with E-state index in [1.54, 1.807) is 0 Å². The standard InChI is InChI=1S/C14H23N3/c1-3-15-14(12-8-9-17(2)16-12)13-10-6-4-5-7-11(10)13/h8-11,13-15H,3-7H2,1-2H3. The average molecular weight is 233 g/mol. The van der Waals surface area contributed by atoms with E-state index in [0.717, 1.165) is 24.3 Å². The predicted octanol–water partition coefficient (Wildman–Crippen LogP) is 2.51. The molecule has 2 fully saturated rings. The Labute approximate surface area is 104 Å². The van der Waals surface area contributed by atoms with Gasteiger partial charge in [-0.2, -0.15) is 5.10 Å². The molecular formula is C14H23N3. The highest BCUT2D eigenvalue weighted by atomic mass is 15.3. The predicted molar refractivity (Wildman–Crippen MR) is 68.6 cm³/mol. The van der Waals surface area contributed by atoms with Crippen LogP contribution in [0.25, 0.3) is 0 Å². The Kier molecular flexibility index (Phi) is 2.95. The lowest BCUT2D eigenvalue weighted by molar-refractivity contribution is 0.442. The van der Waals surface area contributed by atoms with E-state index in [2.05, 4.69) is 29.6 Å². The summed E-state index contributed by atoms with van der Waals surface area (Å²) in [7, 11) is 2.01. The Morgan fingerprint density at radius 3 is 2.65 bits per heavy atom. The van der Waals surface area contributed by atoms with Gasteiger partial charge in [-0.3, -0.25) is 4.68 Å². The van der Waals surface area contributed by atoms with Crippen LogP contribution in [0.4, 0.5) is 0 Å². The van der Waals surface area contributed by atoms with Crippen molar-refractivity contribution in [3.8, 4) is 0 Å². The third-order valence-electron chi connectivity index (χ3n) is 4.58. The minimum Gasteiger partial charge on any atom is -0.309 e. The lowest BCUT2D eigenvalue weighted by Gasteiger charge is -2.15. The first-order valence-corrected chi connectivity index (χ1v) is 7.04. The van der Waals surface area contributed by atoms with Gasteiger partial charge in [-0.05, 0) is 43.2 Å². The molecule has 1 aromatic rings. The highest BCUT2D eigenvalue weighted by Gasteiger charge is 2.54. The molecule has 0 spiro atoms. The zero-order valence-corrected chi connectivity index (χ0v) is 10.9. The van der Waals surface area contributed by atoms with Gasteiger partial charge in [0, 0.05) is 13.2 Å². The van der Waals surface area contributed by atoms with Crippen molar-refractivity contribution < 1.29 is 0 Å². The van der Waals surface area contributed by atoms with E-state index in [9.17, 15) is 0 Å². The molecule has 0 aliphatic heterocycles. The van der Waals surface area contributed by atoms with Crippen molar-refractivity contribution in [3.05, 3.63) is 18.0 Å². The molecule has 1 heterocycles. The molecule has 0 amide bonds. The van der Waals surface area contributed by atoms with E-state index in [1.807, 2.05) is 11.7 Å². The van der Waals surface area contributed by atoms with E-state index >= 15 is 0 Å². The van der Waals surface area contributed by atoms with Crippen LogP contribution in [-0.4, -0.2) is 16.3 Å². The van der Waals surface area contributed by atoms with Gasteiger partial charge in [0.25, 0.3) is 0 Å². The van der Waals surface area contributed by atoms with Gasteiger partial charge in [0.2, 0.25) is 0 Å². The number of rotatable bonds is 4. The van der Waals surface area contributed by atoms with Gasteiger partial charge < -0.3 is 5.32 Å². The van der Waals surface area contributed by atoms with Crippen molar-refractivity contribution in [2.24, 2.45) is 24.8 Å². The summed E-state index contributed by atoms with van der Waals surface area (Å²) >= 11 is 0. The van der Waals surface area contributed by atoms with Crippen molar-refractivity contribution >= 4 is 0 Å². The van der Waals surface area contributed by atoms with E-state index in [1.165, 1.54) is 31.4 Å². The molecule has 1 N–H and O–H groups in total. The second kappa shape index (κ2) is 4.45. The van der Waals surface area contributed by atoms with Crippen LogP contribution < -0.4 is 5.32 Å². The molecule has 3 rings (SSSR count). The molecule has 3 unspecified atom stereocenters. The fourth-order valence-electron chi connectivity index (χ4n) is 3.80. The second-order valence-electron chi connectivity index (χ2n) is 5.64. The van der Waals surface area contributed by atoms with E-state index < -0.39 is 0 Å². The SMILES string of the molecule is CCNC(c1ccn(C)n1)C1C2CCCCC21. The Morgan fingerprint density at radius 2 is 2.12 bits per heavy atom. The summed E-state index contributed by atoms with van der Waals surface area (Å²) in [6.45, 7) is 3.24. The maximum atomic E-state index is 4.60. The van der Waals surface area contributed by atoms with E-state index in [-0.39, 0.29) is 0 Å². The van der Waals surface area contributed by atoms with Crippen LogP contribution in [0.3, 0.4) is 0 Å². The second-order valence-corrected chi connectivity index (χ2v) is 5.64. The molecule has 17 heavy (non-hydrogen) atoms. The summed E-state index contributed by atoms with van der Waals surface area (Å²) in [6, 6.07) is 2.67. The van der Waals surface area contributed by atoms with E-state index in [4.69, 9.17) is 0 Å². The summed E-state index contributed by atoms with van der Waals surface area (Å²) in [4.78, 5) is 0. The molecule has 3 nitrogen and oxygen atoms in total. The van der Waals surface area contributed by atoms with Gasteiger partial charge in [-0.15, -0.1) is 0 Å². The van der Waals surface area contributed by atoms with E-state index in [0.29, 0.717) is 6.04 Å². The minimum atomic E-state index is 0.495. The Morgan fingerprint density at radius 1 is 1.41 bits per heavy atom. The van der Waals surface area contributed by atoms with Crippen LogP contribution in [0.15, 0.2) is 12.3 Å². The third-order valence-corrected chi connectivity index (χ3v) is 4.58. The molecule has 3 heteroatoms. The van der Waals surface area contributed by atoms with Crippen LogP contribution in [0.1, 0.15) is 44.3 Å². The third kappa shape index (κ3) is 2.01. The number of fused-ring (bicyclic) bond motifs is 1. The molecule has 2 saturated carbocycles. The molecule has 0 aromatic carbocycles. The van der Waals surface area contributed by atoms with Gasteiger partial charge in [0.1, 0.15) is 0 Å². The van der Waals surface area contributed by atoms with Crippen molar-refractivity contribution in [1.82, 2.24) is 15.1 Å². The molecule has 2 aliphatic rings. The topological polar surface area (TPSA) is 29.9 Å². The van der Waals surface area contributed by atoms with Crippen molar-refractivity contribution in [1.29, 1.82) is 0 Å². The van der Waals surface area contributed by atoms with Gasteiger partial charge in [-0.25, -0.2) is 0 Å². The Bertz CT molecular complexity index is 373. The summed E-state index contributed by atoms with van der Waals surface area (Å²) < 4.78 is 1.92. The quantitative estimate of drug-likeness (QED) is 0.866. The Hall–Kier alpha value is -0.830. The number of aromatic nitrogens is 2. The zero-order valence-electron chi connectivity index (χ0n) is 10.9. The molecular weight excluding hydrogens is 210 g/mol. The lowest BCUT2D eigenvalue weighted by atomic mass is 10.0. The molecule has 0 saturated heterocycles. The Balaban J connectivity index is 1.76. The smallest absolute Gasteiger partial charge is 0.0796 e. The molecule has 1 aromatic heterocycles. The maximum absolute atomic E-state index is 4.60. The van der Waals surface area contributed by atoms with Crippen LogP contribution in [0.5, 0.6) is 0 Å². The van der Waals surface area contributed by atoms with Crippen LogP contribution in [0.2, 0.25) is 0 Å². The molecule has 94 valence electrons. The first-order valence-electron chi connectivity index (χ1n) is 7.04. The molecule has 3 atom stereocenters. The van der Waals surface area contributed by atoms with Crippen molar-refractivity contribution in [2.75, 3.05) is 6.54 Å². The summed E-state index contributed by atoms with van der Waals surface area (Å²) in [6.07, 6.45) is 7.84. The van der Waals surface area contributed by atoms with Crippen LogP contribution in [0, 0.1) is 17.8 Å². The number of aryl methyl sites for hydroxylation is 1. The van der Waals surface area contributed by atoms with Crippen LogP contribution >= 0.6 is 0 Å². The number of nitrogens with one attached hydrogen (secondary N) is 1. The zero-order chi connectivity index (χ0) is 11.8.